The number of hydrogen-bond acceptors (Lipinski definition) is 6. The zero-order valence-corrected chi connectivity index (χ0v) is 13.5. The van der Waals surface area contributed by atoms with Crippen molar-refractivity contribution in [2.45, 2.75) is 13.5 Å². The molecule has 0 atom stereocenters. The molecule has 0 aliphatic carbocycles. The molecule has 1 aromatic heterocycles. The van der Waals surface area contributed by atoms with Crippen LogP contribution in [0.1, 0.15) is 22.1 Å². The Morgan fingerprint density at radius 1 is 1.39 bits per heavy atom. The molecule has 8 heteroatoms. The van der Waals surface area contributed by atoms with Gasteiger partial charge in [0.05, 0.1) is 30.3 Å². The Morgan fingerprint density at radius 2 is 2.17 bits per heavy atom. The van der Waals surface area contributed by atoms with E-state index in [1.807, 2.05) is 6.07 Å². The molecule has 1 aliphatic heterocycles. The monoisotopic (exact) mass is 336 g/mol. The first kappa shape index (κ1) is 15.8. The molecule has 0 saturated carbocycles. The van der Waals surface area contributed by atoms with Gasteiger partial charge in [-0.1, -0.05) is 16.8 Å². The topological polar surface area (TPSA) is 80.5 Å². The molecular weight excluding hydrogens is 320 g/mol. The van der Waals surface area contributed by atoms with Gasteiger partial charge in [-0.15, -0.1) is 0 Å². The number of ether oxygens (including phenoxy) is 1. The lowest BCUT2D eigenvalue weighted by Crippen LogP contribution is -2.40. The zero-order valence-electron chi connectivity index (χ0n) is 12.7. The molecule has 122 valence electrons. The molecule has 1 N–H and O–H groups in total. The minimum Gasteiger partial charge on any atom is -0.378 e. The van der Waals surface area contributed by atoms with Crippen molar-refractivity contribution in [1.82, 2.24) is 15.0 Å². The van der Waals surface area contributed by atoms with Gasteiger partial charge in [-0.2, -0.15) is 4.98 Å². The van der Waals surface area contributed by atoms with Crippen molar-refractivity contribution in [3.8, 4) is 0 Å². The van der Waals surface area contributed by atoms with Crippen molar-refractivity contribution < 1.29 is 14.1 Å². The number of nitrogens with zero attached hydrogens (tertiary/aromatic N) is 3. The van der Waals surface area contributed by atoms with Crippen LogP contribution in [-0.4, -0.2) is 47.3 Å². The lowest BCUT2D eigenvalue weighted by Gasteiger charge is -2.27. The number of hydrogen-bond donors (Lipinski definition) is 1. The summed E-state index contributed by atoms with van der Waals surface area (Å²) in [7, 11) is 0. The van der Waals surface area contributed by atoms with Crippen LogP contribution in [0, 0.1) is 6.92 Å². The maximum atomic E-state index is 12.4. The van der Waals surface area contributed by atoms with E-state index in [-0.39, 0.29) is 5.91 Å². The van der Waals surface area contributed by atoms with Crippen LogP contribution in [0.3, 0.4) is 0 Å². The summed E-state index contributed by atoms with van der Waals surface area (Å²) >= 11 is 6.26. The summed E-state index contributed by atoms with van der Waals surface area (Å²) in [5, 5.41) is 7.27. The van der Waals surface area contributed by atoms with Gasteiger partial charge in [0.15, 0.2) is 5.82 Å². The van der Waals surface area contributed by atoms with Gasteiger partial charge in [0.2, 0.25) is 5.89 Å². The Kier molecular flexibility index (Phi) is 4.78. The van der Waals surface area contributed by atoms with Gasteiger partial charge in [0.1, 0.15) is 0 Å². The summed E-state index contributed by atoms with van der Waals surface area (Å²) < 4.78 is 10.3. The Hall–Kier alpha value is -2.12. The van der Waals surface area contributed by atoms with E-state index in [1.165, 1.54) is 0 Å². The van der Waals surface area contributed by atoms with Crippen molar-refractivity contribution in [1.29, 1.82) is 0 Å². The quantitative estimate of drug-likeness (QED) is 0.921. The van der Waals surface area contributed by atoms with Gasteiger partial charge in [-0.25, -0.2) is 0 Å². The number of morpholine rings is 1. The number of amides is 1. The van der Waals surface area contributed by atoms with Crippen molar-refractivity contribution in [2.24, 2.45) is 0 Å². The molecule has 0 radical (unpaired) electrons. The molecule has 1 aromatic carbocycles. The summed E-state index contributed by atoms with van der Waals surface area (Å²) in [6, 6.07) is 5.25. The van der Waals surface area contributed by atoms with E-state index in [2.05, 4.69) is 15.5 Å². The number of halogens is 1. The summed E-state index contributed by atoms with van der Waals surface area (Å²) in [6.45, 7) is 4.46. The minimum absolute atomic E-state index is 0.0719. The Labute approximate surface area is 138 Å². The minimum atomic E-state index is -0.0719. The highest BCUT2D eigenvalue weighted by atomic mass is 35.5. The predicted molar refractivity (Wildman–Crippen MR) is 84.5 cm³/mol. The van der Waals surface area contributed by atoms with Crippen LogP contribution in [0.15, 0.2) is 22.7 Å². The second-order valence-electron chi connectivity index (χ2n) is 5.19. The molecule has 1 saturated heterocycles. The third-order valence-corrected chi connectivity index (χ3v) is 3.82. The fourth-order valence-electron chi connectivity index (χ4n) is 2.32. The normalized spacial score (nSPS) is 14.8. The molecule has 2 aromatic rings. The van der Waals surface area contributed by atoms with Crippen LogP contribution in [0.25, 0.3) is 0 Å². The van der Waals surface area contributed by atoms with E-state index in [1.54, 1.807) is 24.0 Å². The summed E-state index contributed by atoms with van der Waals surface area (Å²) in [5.74, 6) is 1.01. The largest absolute Gasteiger partial charge is 0.378 e. The third kappa shape index (κ3) is 3.80. The first-order valence-corrected chi connectivity index (χ1v) is 7.71. The van der Waals surface area contributed by atoms with Gasteiger partial charge < -0.3 is 19.5 Å². The molecule has 1 amide bonds. The van der Waals surface area contributed by atoms with Gasteiger partial charge in [-0.05, 0) is 25.1 Å². The molecule has 2 heterocycles. The highest BCUT2D eigenvalue weighted by Gasteiger charge is 2.20. The van der Waals surface area contributed by atoms with Crippen molar-refractivity contribution in [2.75, 3.05) is 31.6 Å². The summed E-state index contributed by atoms with van der Waals surface area (Å²) in [6.07, 6.45) is 0. The highest BCUT2D eigenvalue weighted by Crippen LogP contribution is 2.23. The van der Waals surface area contributed by atoms with E-state index < -0.39 is 0 Å². The van der Waals surface area contributed by atoms with Crippen LogP contribution in [0.2, 0.25) is 5.02 Å². The number of carbonyl (C=O) groups is 1. The second kappa shape index (κ2) is 6.97. The lowest BCUT2D eigenvalue weighted by atomic mass is 10.1. The van der Waals surface area contributed by atoms with E-state index >= 15 is 0 Å². The molecule has 0 spiro atoms. The number of nitrogens with one attached hydrogen (secondary N) is 1. The Bertz CT molecular complexity index is 698. The van der Waals surface area contributed by atoms with E-state index in [0.29, 0.717) is 55.1 Å². The SMILES string of the molecule is Cc1noc(CNc2ccc(C(=O)N3CCOCC3)c(Cl)c2)n1. The van der Waals surface area contributed by atoms with Crippen molar-refractivity contribution >= 4 is 23.2 Å². The molecule has 7 nitrogen and oxygen atoms in total. The van der Waals surface area contributed by atoms with Crippen LogP contribution in [-0.2, 0) is 11.3 Å². The maximum Gasteiger partial charge on any atom is 0.255 e. The van der Waals surface area contributed by atoms with E-state index in [4.69, 9.17) is 20.9 Å². The Balaban J connectivity index is 1.66. The predicted octanol–water partition coefficient (Wildman–Crippen LogP) is 2.12. The second-order valence-corrected chi connectivity index (χ2v) is 5.60. The third-order valence-electron chi connectivity index (χ3n) is 3.51. The smallest absolute Gasteiger partial charge is 0.255 e. The number of carbonyl (C=O) groups excluding carboxylic acids is 1. The van der Waals surface area contributed by atoms with Gasteiger partial charge in [0.25, 0.3) is 5.91 Å². The fourth-order valence-corrected chi connectivity index (χ4v) is 2.59. The van der Waals surface area contributed by atoms with Crippen molar-refractivity contribution in [3.05, 3.63) is 40.5 Å². The molecule has 0 bridgehead atoms. The number of benzene rings is 1. The van der Waals surface area contributed by atoms with Crippen LogP contribution in [0.5, 0.6) is 0 Å². The summed E-state index contributed by atoms with van der Waals surface area (Å²) in [4.78, 5) is 18.3. The zero-order chi connectivity index (χ0) is 16.2. The van der Waals surface area contributed by atoms with Crippen LogP contribution < -0.4 is 5.32 Å². The first-order chi connectivity index (χ1) is 11.1. The highest BCUT2D eigenvalue weighted by molar-refractivity contribution is 6.34. The molecule has 3 rings (SSSR count). The molecule has 1 aliphatic rings. The number of aromatic nitrogens is 2. The first-order valence-electron chi connectivity index (χ1n) is 7.33. The molecule has 23 heavy (non-hydrogen) atoms. The van der Waals surface area contributed by atoms with Crippen molar-refractivity contribution in [3.63, 3.8) is 0 Å². The van der Waals surface area contributed by atoms with Crippen LogP contribution in [0.4, 0.5) is 5.69 Å². The Morgan fingerprint density at radius 3 is 2.83 bits per heavy atom. The van der Waals surface area contributed by atoms with Gasteiger partial charge >= 0.3 is 0 Å². The lowest BCUT2D eigenvalue weighted by molar-refractivity contribution is 0.0303. The number of anilines is 1. The van der Waals surface area contributed by atoms with E-state index in [9.17, 15) is 4.79 Å². The van der Waals surface area contributed by atoms with Crippen LogP contribution >= 0.6 is 11.6 Å². The average Bonchev–Trinajstić information content (AvgIpc) is 2.99. The maximum absolute atomic E-state index is 12.4. The van der Waals surface area contributed by atoms with E-state index in [0.717, 1.165) is 5.69 Å². The number of rotatable bonds is 4. The number of aryl methyl sites for hydroxylation is 1. The molecular formula is C15H17ClN4O3. The molecule has 1 fully saturated rings. The fraction of sp³-hybridized carbons (Fsp3) is 0.400. The summed E-state index contributed by atoms with van der Waals surface area (Å²) in [5.41, 5.74) is 1.28. The average molecular weight is 337 g/mol. The molecule has 0 unspecified atom stereocenters. The van der Waals surface area contributed by atoms with Gasteiger partial charge in [0, 0.05) is 18.8 Å². The standard InChI is InChI=1S/C15H17ClN4O3/c1-10-18-14(23-19-10)9-17-11-2-3-12(13(16)8-11)15(21)20-4-6-22-7-5-20/h2-3,8,17H,4-7,9H2,1H3. The van der Waals surface area contributed by atoms with Gasteiger partial charge in [-0.3, -0.25) is 4.79 Å².